The molecule has 0 aliphatic carbocycles. The molecular formula is C10H10BrNO3. The molecule has 5 heteroatoms. The van der Waals surface area contributed by atoms with Crippen LogP contribution < -0.4 is 0 Å². The van der Waals surface area contributed by atoms with E-state index < -0.39 is 5.41 Å². The lowest BCUT2D eigenvalue weighted by Gasteiger charge is -2.38. The van der Waals surface area contributed by atoms with Crippen molar-refractivity contribution in [2.75, 3.05) is 19.8 Å². The third-order valence-corrected chi connectivity index (χ3v) is 3.12. The second kappa shape index (κ2) is 3.90. The molecule has 0 bridgehead atoms. The van der Waals surface area contributed by atoms with Gasteiger partial charge in [0.25, 0.3) is 0 Å². The molecule has 0 saturated carbocycles. The lowest BCUT2D eigenvalue weighted by Crippen LogP contribution is -2.51. The molecule has 0 atom stereocenters. The lowest BCUT2D eigenvalue weighted by atomic mass is 9.79. The van der Waals surface area contributed by atoms with Crippen LogP contribution >= 0.6 is 15.9 Å². The molecule has 0 unspecified atom stereocenters. The molecule has 0 spiro atoms. The van der Waals surface area contributed by atoms with Gasteiger partial charge in [-0.15, -0.1) is 0 Å². The van der Waals surface area contributed by atoms with Gasteiger partial charge in [0.15, 0.2) is 0 Å². The van der Waals surface area contributed by atoms with Gasteiger partial charge in [-0.05, 0) is 17.7 Å². The molecule has 15 heavy (non-hydrogen) atoms. The predicted octanol–water partition coefficient (Wildman–Crippen LogP) is 1.99. The topological polar surface area (TPSA) is 52.4 Å². The molecule has 1 aromatic carbocycles. The molecule has 1 aliphatic rings. The Bertz CT molecular complexity index is 390. The summed E-state index contributed by atoms with van der Waals surface area (Å²) in [5.41, 5.74) is 0.549. The number of hydrogen-bond acceptors (Lipinski definition) is 3. The Morgan fingerprint density at radius 1 is 1.53 bits per heavy atom. The van der Waals surface area contributed by atoms with Gasteiger partial charge in [0.2, 0.25) is 6.54 Å². The number of rotatable bonds is 3. The first-order chi connectivity index (χ1) is 7.12. The standard InChI is InChI=1S/C10H10BrNO3/c11-9-3-1-2-8(4-9)10(5-12(13)14)6-15-7-10/h1-4H,5-7H2. The molecule has 1 heterocycles. The van der Waals surface area contributed by atoms with Crippen molar-refractivity contribution in [3.8, 4) is 0 Å². The SMILES string of the molecule is O=[N+]([O-])CC1(c2cccc(Br)c2)COC1. The zero-order valence-electron chi connectivity index (χ0n) is 7.98. The Morgan fingerprint density at radius 3 is 2.73 bits per heavy atom. The summed E-state index contributed by atoms with van der Waals surface area (Å²) in [6.07, 6.45) is 0. The number of halogens is 1. The molecule has 4 nitrogen and oxygen atoms in total. The van der Waals surface area contributed by atoms with E-state index in [4.69, 9.17) is 4.74 Å². The van der Waals surface area contributed by atoms with Crippen LogP contribution in [0.1, 0.15) is 5.56 Å². The zero-order chi connectivity index (χ0) is 10.9. The van der Waals surface area contributed by atoms with E-state index in [9.17, 15) is 10.1 Å². The van der Waals surface area contributed by atoms with Crippen molar-refractivity contribution in [1.82, 2.24) is 0 Å². The summed E-state index contributed by atoms with van der Waals surface area (Å²) in [5.74, 6) is 0. The van der Waals surface area contributed by atoms with Crippen LogP contribution in [0.15, 0.2) is 28.7 Å². The van der Waals surface area contributed by atoms with E-state index in [-0.39, 0.29) is 11.5 Å². The molecule has 0 aromatic heterocycles. The number of ether oxygens (including phenoxy) is 1. The summed E-state index contributed by atoms with van der Waals surface area (Å²) in [5, 5.41) is 10.6. The average molecular weight is 272 g/mol. The minimum Gasteiger partial charge on any atom is -0.379 e. The van der Waals surface area contributed by atoms with Gasteiger partial charge in [-0.1, -0.05) is 28.1 Å². The van der Waals surface area contributed by atoms with Crippen molar-refractivity contribution in [2.45, 2.75) is 5.41 Å². The number of benzene rings is 1. The molecule has 2 rings (SSSR count). The lowest BCUT2D eigenvalue weighted by molar-refractivity contribution is -0.498. The van der Waals surface area contributed by atoms with Gasteiger partial charge < -0.3 is 4.74 Å². The molecular weight excluding hydrogens is 262 g/mol. The van der Waals surface area contributed by atoms with Gasteiger partial charge in [-0.25, -0.2) is 0 Å². The Labute approximate surface area is 95.5 Å². The minimum absolute atomic E-state index is 0.0660. The average Bonchev–Trinajstić information content (AvgIpc) is 2.11. The van der Waals surface area contributed by atoms with E-state index >= 15 is 0 Å². The van der Waals surface area contributed by atoms with Gasteiger partial charge in [0.05, 0.1) is 13.2 Å². The van der Waals surface area contributed by atoms with Crippen molar-refractivity contribution in [3.05, 3.63) is 44.4 Å². The van der Waals surface area contributed by atoms with E-state index in [0.717, 1.165) is 10.0 Å². The van der Waals surface area contributed by atoms with Gasteiger partial charge in [0.1, 0.15) is 5.41 Å². The van der Waals surface area contributed by atoms with Crippen LogP contribution in [0, 0.1) is 10.1 Å². The monoisotopic (exact) mass is 271 g/mol. The van der Waals surface area contributed by atoms with Gasteiger partial charge >= 0.3 is 0 Å². The number of nitro groups is 1. The predicted molar refractivity (Wildman–Crippen MR) is 58.5 cm³/mol. The Morgan fingerprint density at radius 2 is 2.27 bits per heavy atom. The first kappa shape index (κ1) is 10.6. The highest BCUT2D eigenvalue weighted by Gasteiger charge is 2.45. The fraction of sp³-hybridized carbons (Fsp3) is 0.400. The van der Waals surface area contributed by atoms with Crippen molar-refractivity contribution >= 4 is 15.9 Å². The van der Waals surface area contributed by atoms with Crippen LogP contribution in [0.5, 0.6) is 0 Å². The van der Waals surface area contributed by atoms with Crippen molar-refractivity contribution in [2.24, 2.45) is 0 Å². The van der Waals surface area contributed by atoms with Crippen LogP contribution in [0.2, 0.25) is 0 Å². The fourth-order valence-corrected chi connectivity index (χ4v) is 2.16. The largest absolute Gasteiger partial charge is 0.379 e. The van der Waals surface area contributed by atoms with Crippen LogP contribution in [0.4, 0.5) is 0 Å². The third kappa shape index (κ3) is 2.03. The smallest absolute Gasteiger partial charge is 0.217 e. The van der Waals surface area contributed by atoms with Gasteiger partial charge in [-0.2, -0.15) is 0 Å². The maximum absolute atomic E-state index is 10.6. The van der Waals surface area contributed by atoms with E-state index in [1.54, 1.807) is 0 Å². The second-order valence-corrected chi connectivity index (χ2v) is 4.69. The Balaban J connectivity index is 2.29. The van der Waals surface area contributed by atoms with Crippen molar-refractivity contribution < 1.29 is 9.66 Å². The van der Waals surface area contributed by atoms with Crippen LogP contribution in [0.3, 0.4) is 0 Å². The highest BCUT2D eigenvalue weighted by atomic mass is 79.9. The number of nitrogens with zero attached hydrogens (tertiary/aromatic N) is 1. The molecule has 80 valence electrons. The summed E-state index contributed by atoms with van der Waals surface area (Å²) < 4.78 is 6.05. The molecule has 1 aliphatic heterocycles. The quantitative estimate of drug-likeness (QED) is 0.624. The van der Waals surface area contributed by atoms with Crippen molar-refractivity contribution in [1.29, 1.82) is 0 Å². The zero-order valence-corrected chi connectivity index (χ0v) is 9.57. The van der Waals surface area contributed by atoms with Crippen LogP contribution in [-0.2, 0) is 10.2 Å². The Hall–Kier alpha value is -0.940. The summed E-state index contributed by atoms with van der Waals surface area (Å²) in [7, 11) is 0. The second-order valence-electron chi connectivity index (χ2n) is 3.77. The maximum Gasteiger partial charge on any atom is 0.217 e. The highest BCUT2D eigenvalue weighted by molar-refractivity contribution is 9.10. The normalized spacial score (nSPS) is 18.2. The number of hydrogen-bond donors (Lipinski definition) is 0. The molecule has 0 N–H and O–H groups in total. The molecule has 0 radical (unpaired) electrons. The minimum atomic E-state index is -0.423. The summed E-state index contributed by atoms with van der Waals surface area (Å²) in [6.45, 7) is 0.804. The molecule has 0 amide bonds. The van der Waals surface area contributed by atoms with E-state index in [0.29, 0.717) is 13.2 Å². The summed E-state index contributed by atoms with van der Waals surface area (Å²) in [4.78, 5) is 10.3. The fourth-order valence-electron chi connectivity index (χ4n) is 1.76. The summed E-state index contributed by atoms with van der Waals surface area (Å²) in [6, 6.07) is 7.63. The van der Waals surface area contributed by atoms with E-state index in [1.807, 2.05) is 24.3 Å². The maximum atomic E-state index is 10.6. The van der Waals surface area contributed by atoms with Gasteiger partial charge in [-0.3, -0.25) is 10.1 Å². The molecule has 1 fully saturated rings. The third-order valence-electron chi connectivity index (χ3n) is 2.63. The Kier molecular flexibility index (Phi) is 2.75. The van der Waals surface area contributed by atoms with E-state index in [1.165, 1.54) is 0 Å². The molecule has 1 saturated heterocycles. The molecule has 1 aromatic rings. The van der Waals surface area contributed by atoms with E-state index in [2.05, 4.69) is 15.9 Å². The van der Waals surface area contributed by atoms with Crippen LogP contribution in [0.25, 0.3) is 0 Å². The first-order valence-corrected chi connectivity index (χ1v) is 5.37. The first-order valence-electron chi connectivity index (χ1n) is 4.58. The highest BCUT2D eigenvalue weighted by Crippen LogP contribution is 2.33. The van der Waals surface area contributed by atoms with Gasteiger partial charge in [0, 0.05) is 9.40 Å². The summed E-state index contributed by atoms with van der Waals surface area (Å²) >= 11 is 3.36. The van der Waals surface area contributed by atoms with Crippen molar-refractivity contribution in [3.63, 3.8) is 0 Å². The van der Waals surface area contributed by atoms with Crippen LogP contribution in [-0.4, -0.2) is 24.7 Å².